The van der Waals surface area contributed by atoms with Gasteiger partial charge < -0.3 is 4.74 Å². The number of hydrogen-bond donors (Lipinski definition) is 0. The molecule has 0 unspecified atom stereocenters. The topological polar surface area (TPSA) is 26.3 Å². The Labute approximate surface area is 123 Å². The Morgan fingerprint density at radius 3 is 2.45 bits per heavy atom. The number of esters is 1. The number of carbonyl (C=O) groups excluding carboxylic acids is 1. The van der Waals surface area contributed by atoms with Crippen molar-refractivity contribution in [3.8, 4) is 0 Å². The molecule has 2 nitrogen and oxygen atoms in total. The average molecular weight is 290 g/mol. The van der Waals surface area contributed by atoms with Gasteiger partial charge in [-0.25, -0.2) is 0 Å². The van der Waals surface area contributed by atoms with Crippen LogP contribution >= 0.6 is 0 Å². The van der Waals surface area contributed by atoms with Crippen molar-refractivity contribution >= 4 is 19.2 Å². The second kappa shape index (κ2) is 7.43. The largest absolute Gasteiger partial charge is 0.466 e. The van der Waals surface area contributed by atoms with Crippen LogP contribution in [0.1, 0.15) is 20.3 Å². The van der Waals surface area contributed by atoms with Gasteiger partial charge in [-0.1, -0.05) is 61.6 Å². The van der Waals surface area contributed by atoms with E-state index in [9.17, 15) is 4.79 Å². The van der Waals surface area contributed by atoms with Gasteiger partial charge in [-0.2, -0.15) is 0 Å². The maximum absolute atomic E-state index is 12.2. The molecular weight excluding hydrogens is 264 g/mol. The zero-order valence-electron chi connectivity index (χ0n) is 13.1. The first-order valence-electron chi connectivity index (χ1n) is 7.28. The van der Waals surface area contributed by atoms with Gasteiger partial charge in [0.2, 0.25) is 0 Å². The smallest absolute Gasteiger partial charge is 0.309 e. The van der Waals surface area contributed by atoms with E-state index in [1.807, 2.05) is 19.1 Å². The van der Waals surface area contributed by atoms with E-state index in [0.29, 0.717) is 18.6 Å². The van der Waals surface area contributed by atoms with Gasteiger partial charge in [0.25, 0.3) is 0 Å². The van der Waals surface area contributed by atoms with Crippen LogP contribution in [-0.2, 0) is 9.53 Å². The summed E-state index contributed by atoms with van der Waals surface area (Å²) in [6.45, 7) is 12.9. The summed E-state index contributed by atoms with van der Waals surface area (Å²) in [7, 11) is -1.72. The molecule has 0 fully saturated rings. The van der Waals surface area contributed by atoms with Crippen LogP contribution in [-0.4, -0.2) is 20.7 Å². The molecule has 3 heteroatoms. The summed E-state index contributed by atoms with van der Waals surface area (Å²) in [4.78, 5) is 12.2. The third-order valence-corrected chi connectivity index (χ3v) is 8.77. The molecule has 1 rings (SSSR count). The first-order valence-corrected chi connectivity index (χ1v) is 10.4. The molecule has 20 heavy (non-hydrogen) atoms. The number of ether oxygens (including phenoxy) is 1. The van der Waals surface area contributed by atoms with Gasteiger partial charge in [0.05, 0.1) is 20.6 Å². The first-order chi connectivity index (χ1) is 9.45. The minimum Gasteiger partial charge on any atom is -0.466 e. The van der Waals surface area contributed by atoms with E-state index in [2.05, 4.69) is 50.9 Å². The van der Waals surface area contributed by atoms with Crippen molar-refractivity contribution in [3.63, 3.8) is 0 Å². The SMILES string of the molecule is C=CC[C@@H](C(=O)OCC)[C@H](C)[Si](C)(C)c1ccccc1. The molecule has 110 valence electrons. The van der Waals surface area contributed by atoms with Crippen LogP contribution in [0.5, 0.6) is 0 Å². The lowest BCUT2D eigenvalue weighted by Gasteiger charge is -2.34. The Kier molecular flexibility index (Phi) is 6.21. The maximum Gasteiger partial charge on any atom is 0.309 e. The van der Waals surface area contributed by atoms with Crippen LogP contribution in [0.4, 0.5) is 0 Å². The van der Waals surface area contributed by atoms with Crippen LogP contribution in [0.2, 0.25) is 18.6 Å². The van der Waals surface area contributed by atoms with E-state index < -0.39 is 8.07 Å². The molecule has 2 atom stereocenters. The molecule has 0 amide bonds. The molecule has 0 aliphatic carbocycles. The highest BCUT2D eigenvalue weighted by Gasteiger charge is 2.38. The molecular formula is C17H26O2Si. The number of carbonyl (C=O) groups is 1. The number of rotatable bonds is 7. The maximum atomic E-state index is 12.2. The summed E-state index contributed by atoms with van der Waals surface area (Å²) >= 11 is 0. The van der Waals surface area contributed by atoms with Crippen LogP contribution in [0.15, 0.2) is 43.0 Å². The van der Waals surface area contributed by atoms with Gasteiger partial charge in [-0.05, 0) is 18.9 Å². The summed E-state index contributed by atoms with van der Waals surface area (Å²) in [6, 6.07) is 10.5. The van der Waals surface area contributed by atoms with Crippen molar-refractivity contribution in [1.82, 2.24) is 0 Å². The average Bonchev–Trinajstić information content (AvgIpc) is 2.45. The van der Waals surface area contributed by atoms with Gasteiger partial charge in [-0.3, -0.25) is 4.79 Å². The van der Waals surface area contributed by atoms with Crippen molar-refractivity contribution in [3.05, 3.63) is 43.0 Å². The van der Waals surface area contributed by atoms with Crippen molar-refractivity contribution in [1.29, 1.82) is 0 Å². The van der Waals surface area contributed by atoms with E-state index in [0.717, 1.165) is 0 Å². The summed E-state index contributed by atoms with van der Waals surface area (Å²) in [6.07, 6.45) is 2.51. The van der Waals surface area contributed by atoms with E-state index in [1.165, 1.54) is 5.19 Å². The first kappa shape index (κ1) is 16.7. The summed E-state index contributed by atoms with van der Waals surface area (Å²) in [5.41, 5.74) is 0.307. The Balaban J connectivity index is 3.01. The zero-order valence-corrected chi connectivity index (χ0v) is 14.1. The lowest BCUT2D eigenvalue weighted by molar-refractivity contribution is -0.148. The van der Waals surface area contributed by atoms with Crippen LogP contribution in [0.25, 0.3) is 0 Å². The highest BCUT2D eigenvalue weighted by molar-refractivity contribution is 6.91. The van der Waals surface area contributed by atoms with Crippen molar-refractivity contribution in [2.24, 2.45) is 5.92 Å². The second-order valence-electron chi connectivity index (χ2n) is 5.76. The molecule has 0 aliphatic heterocycles. The van der Waals surface area contributed by atoms with E-state index in [-0.39, 0.29) is 11.9 Å². The van der Waals surface area contributed by atoms with Gasteiger partial charge >= 0.3 is 5.97 Å². The van der Waals surface area contributed by atoms with Crippen LogP contribution in [0, 0.1) is 5.92 Å². The lowest BCUT2D eigenvalue weighted by Crippen LogP contribution is -2.48. The fraction of sp³-hybridized carbons (Fsp3) is 0.471. The molecule has 0 saturated carbocycles. The quantitative estimate of drug-likeness (QED) is 0.434. The molecule has 0 radical (unpaired) electrons. The summed E-state index contributed by atoms with van der Waals surface area (Å²) in [5, 5.41) is 1.38. The number of hydrogen-bond acceptors (Lipinski definition) is 2. The highest BCUT2D eigenvalue weighted by Crippen LogP contribution is 2.32. The van der Waals surface area contributed by atoms with E-state index in [1.54, 1.807) is 0 Å². The fourth-order valence-corrected chi connectivity index (χ4v) is 5.42. The third-order valence-electron chi connectivity index (χ3n) is 4.27. The minimum atomic E-state index is -1.72. The lowest BCUT2D eigenvalue weighted by atomic mass is 10.0. The van der Waals surface area contributed by atoms with Crippen molar-refractivity contribution < 1.29 is 9.53 Å². The molecule has 0 spiro atoms. The number of allylic oxidation sites excluding steroid dienone is 1. The minimum absolute atomic E-state index is 0.0867. The van der Waals surface area contributed by atoms with Crippen molar-refractivity contribution in [2.75, 3.05) is 6.61 Å². The monoisotopic (exact) mass is 290 g/mol. The summed E-state index contributed by atoms with van der Waals surface area (Å²) < 4.78 is 5.24. The molecule has 0 N–H and O–H groups in total. The third kappa shape index (κ3) is 3.82. The molecule has 0 aromatic heterocycles. The van der Waals surface area contributed by atoms with Crippen LogP contribution in [0.3, 0.4) is 0 Å². The zero-order chi connectivity index (χ0) is 15.2. The second-order valence-corrected chi connectivity index (χ2v) is 10.7. The Morgan fingerprint density at radius 2 is 1.95 bits per heavy atom. The van der Waals surface area contributed by atoms with Gasteiger partial charge in [0.1, 0.15) is 0 Å². The Hall–Kier alpha value is -1.35. The normalized spacial score (nSPS) is 14.4. The summed E-state index contributed by atoms with van der Waals surface area (Å²) in [5.74, 6) is -0.175. The Bertz CT molecular complexity index is 440. The molecule has 0 bridgehead atoms. The van der Waals surface area contributed by atoms with Crippen LogP contribution < -0.4 is 5.19 Å². The molecule has 0 heterocycles. The van der Waals surface area contributed by atoms with Gasteiger partial charge in [-0.15, -0.1) is 6.58 Å². The molecule has 1 aromatic rings. The van der Waals surface area contributed by atoms with E-state index in [4.69, 9.17) is 4.74 Å². The van der Waals surface area contributed by atoms with Gasteiger partial charge in [0.15, 0.2) is 0 Å². The molecule has 0 aliphatic rings. The fourth-order valence-electron chi connectivity index (χ4n) is 2.57. The standard InChI is InChI=1S/C17H26O2Si/c1-6-11-16(17(18)19-7-2)14(3)20(4,5)15-12-9-8-10-13-15/h6,8-10,12-14,16H,1,7,11H2,2-5H3/t14-,16+/m0/s1. The highest BCUT2D eigenvalue weighted by atomic mass is 28.3. The van der Waals surface area contributed by atoms with E-state index >= 15 is 0 Å². The van der Waals surface area contributed by atoms with Gasteiger partial charge in [0, 0.05) is 0 Å². The number of benzene rings is 1. The molecule has 1 aromatic carbocycles. The predicted molar refractivity (Wildman–Crippen MR) is 87.9 cm³/mol. The van der Waals surface area contributed by atoms with Crippen molar-refractivity contribution in [2.45, 2.75) is 38.9 Å². The Morgan fingerprint density at radius 1 is 1.35 bits per heavy atom. The predicted octanol–water partition coefficient (Wildman–Crippen LogP) is 3.75. The molecule has 0 saturated heterocycles.